The number of hydrogen-bond acceptors (Lipinski definition) is 5. The molecule has 29 heavy (non-hydrogen) atoms. The molecule has 0 aliphatic rings. The SMILES string of the molecule is COc1ccc2cc(-c3nc(CCN(C)C(=O)c4cccc(Cl)c4)no3)[nH]c2c1. The smallest absolute Gasteiger partial charge is 0.274 e. The molecule has 0 fully saturated rings. The number of hydrogen-bond donors (Lipinski definition) is 1. The second kappa shape index (κ2) is 7.97. The van der Waals surface area contributed by atoms with E-state index in [4.69, 9.17) is 20.9 Å². The van der Waals surface area contributed by atoms with Gasteiger partial charge in [-0.3, -0.25) is 4.79 Å². The predicted molar refractivity (Wildman–Crippen MR) is 110 cm³/mol. The molecule has 148 valence electrons. The van der Waals surface area contributed by atoms with Crippen LogP contribution in [0.5, 0.6) is 5.75 Å². The molecule has 0 radical (unpaired) electrons. The lowest BCUT2D eigenvalue weighted by Gasteiger charge is -2.16. The fourth-order valence-corrected chi connectivity index (χ4v) is 3.21. The van der Waals surface area contributed by atoms with Crippen molar-refractivity contribution in [2.45, 2.75) is 6.42 Å². The van der Waals surface area contributed by atoms with Crippen LogP contribution < -0.4 is 4.74 Å². The molecule has 0 bridgehead atoms. The Morgan fingerprint density at radius 1 is 1.24 bits per heavy atom. The Morgan fingerprint density at radius 2 is 2.10 bits per heavy atom. The number of H-pyrrole nitrogens is 1. The van der Waals surface area contributed by atoms with Crippen molar-refractivity contribution in [1.29, 1.82) is 0 Å². The third kappa shape index (κ3) is 4.09. The van der Waals surface area contributed by atoms with Crippen LogP contribution in [0.1, 0.15) is 16.2 Å². The van der Waals surface area contributed by atoms with Crippen LogP contribution in [-0.4, -0.2) is 46.6 Å². The monoisotopic (exact) mass is 410 g/mol. The maximum absolute atomic E-state index is 12.5. The van der Waals surface area contributed by atoms with Crippen LogP contribution in [0, 0.1) is 0 Å². The van der Waals surface area contributed by atoms with Gasteiger partial charge in [0.15, 0.2) is 5.82 Å². The average molecular weight is 411 g/mol. The Kier molecular flexibility index (Phi) is 5.22. The zero-order valence-corrected chi connectivity index (χ0v) is 16.7. The standard InChI is InChI=1S/C21H19ClN4O3/c1-26(21(27)14-4-3-5-15(22)10-14)9-8-19-24-20(29-25-19)18-11-13-6-7-16(28-2)12-17(13)23-18/h3-7,10-12,23H,8-9H2,1-2H3. The minimum Gasteiger partial charge on any atom is -0.497 e. The number of aromatic amines is 1. The first-order valence-corrected chi connectivity index (χ1v) is 9.42. The minimum atomic E-state index is -0.110. The van der Waals surface area contributed by atoms with Crippen LogP contribution in [-0.2, 0) is 6.42 Å². The average Bonchev–Trinajstić information content (AvgIpc) is 3.37. The highest BCUT2D eigenvalue weighted by molar-refractivity contribution is 6.30. The Balaban J connectivity index is 1.43. The van der Waals surface area contributed by atoms with Gasteiger partial charge >= 0.3 is 0 Å². The number of rotatable bonds is 6. The van der Waals surface area contributed by atoms with E-state index in [0.29, 0.717) is 35.3 Å². The van der Waals surface area contributed by atoms with Crippen LogP contribution >= 0.6 is 11.6 Å². The molecule has 0 saturated carbocycles. The molecule has 0 spiro atoms. The lowest BCUT2D eigenvalue weighted by Crippen LogP contribution is -2.29. The molecule has 0 atom stereocenters. The van der Waals surface area contributed by atoms with Gasteiger partial charge in [-0.05, 0) is 36.4 Å². The molecule has 4 rings (SSSR count). The number of carbonyl (C=O) groups is 1. The lowest BCUT2D eigenvalue weighted by molar-refractivity contribution is 0.0796. The highest BCUT2D eigenvalue weighted by Crippen LogP contribution is 2.26. The van der Waals surface area contributed by atoms with Gasteiger partial charge in [0.1, 0.15) is 11.4 Å². The third-order valence-corrected chi connectivity index (χ3v) is 4.85. The van der Waals surface area contributed by atoms with E-state index in [2.05, 4.69) is 15.1 Å². The topological polar surface area (TPSA) is 84.2 Å². The minimum absolute atomic E-state index is 0.110. The van der Waals surface area contributed by atoms with E-state index in [1.807, 2.05) is 24.3 Å². The molecule has 0 unspecified atom stereocenters. The van der Waals surface area contributed by atoms with E-state index in [-0.39, 0.29) is 5.91 Å². The summed E-state index contributed by atoms with van der Waals surface area (Å²) in [6, 6.07) is 14.6. The summed E-state index contributed by atoms with van der Waals surface area (Å²) in [5.41, 5.74) is 2.20. The fraction of sp³-hybridized carbons (Fsp3) is 0.190. The number of methoxy groups -OCH3 is 1. The molecule has 7 nitrogen and oxygen atoms in total. The van der Waals surface area contributed by atoms with Crippen molar-refractivity contribution in [3.05, 3.63) is 64.9 Å². The highest BCUT2D eigenvalue weighted by Gasteiger charge is 2.15. The first-order valence-electron chi connectivity index (χ1n) is 9.04. The van der Waals surface area contributed by atoms with Gasteiger partial charge in [0.05, 0.1) is 7.11 Å². The molecule has 4 aromatic rings. The lowest BCUT2D eigenvalue weighted by atomic mass is 10.2. The molecule has 2 aromatic carbocycles. The quantitative estimate of drug-likeness (QED) is 0.515. The third-order valence-electron chi connectivity index (χ3n) is 4.62. The van der Waals surface area contributed by atoms with Gasteiger partial charge in [-0.15, -0.1) is 0 Å². The number of likely N-dealkylation sites (N-methyl/N-ethyl adjacent to an activating group) is 1. The van der Waals surface area contributed by atoms with Gasteiger partial charge in [0.25, 0.3) is 11.8 Å². The molecule has 1 amide bonds. The van der Waals surface area contributed by atoms with E-state index >= 15 is 0 Å². The van der Waals surface area contributed by atoms with Crippen molar-refractivity contribution in [2.24, 2.45) is 0 Å². The van der Waals surface area contributed by atoms with Crippen molar-refractivity contribution in [3.8, 4) is 17.3 Å². The van der Waals surface area contributed by atoms with E-state index in [1.165, 1.54) is 0 Å². The Bertz CT molecular complexity index is 1170. The van der Waals surface area contributed by atoms with Crippen LogP contribution in [0.15, 0.2) is 53.1 Å². The molecule has 0 aliphatic heterocycles. The second-order valence-electron chi connectivity index (χ2n) is 6.64. The summed E-state index contributed by atoms with van der Waals surface area (Å²) in [6.07, 6.45) is 0.473. The number of aromatic nitrogens is 3. The molecule has 0 saturated heterocycles. The van der Waals surface area contributed by atoms with Gasteiger partial charge in [-0.1, -0.05) is 22.8 Å². The molecule has 2 aromatic heterocycles. The largest absolute Gasteiger partial charge is 0.497 e. The van der Waals surface area contributed by atoms with E-state index in [1.54, 1.807) is 43.3 Å². The zero-order chi connectivity index (χ0) is 20.4. The molecule has 0 aliphatic carbocycles. The van der Waals surface area contributed by atoms with Gasteiger partial charge < -0.3 is 19.1 Å². The maximum Gasteiger partial charge on any atom is 0.274 e. The second-order valence-corrected chi connectivity index (χ2v) is 7.08. The summed E-state index contributed by atoms with van der Waals surface area (Å²) in [7, 11) is 3.36. The summed E-state index contributed by atoms with van der Waals surface area (Å²) in [6.45, 7) is 0.453. The molecular weight excluding hydrogens is 392 g/mol. The van der Waals surface area contributed by atoms with Crippen LogP contribution in [0.2, 0.25) is 5.02 Å². The number of fused-ring (bicyclic) bond motifs is 1. The van der Waals surface area contributed by atoms with Crippen LogP contribution in [0.3, 0.4) is 0 Å². The van der Waals surface area contributed by atoms with Crippen molar-refractivity contribution < 1.29 is 14.1 Å². The van der Waals surface area contributed by atoms with Gasteiger partial charge in [-0.25, -0.2) is 0 Å². The predicted octanol–water partition coefficient (Wildman–Crippen LogP) is 4.19. The van der Waals surface area contributed by atoms with Crippen molar-refractivity contribution in [2.75, 3.05) is 20.7 Å². The fourth-order valence-electron chi connectivity index (χ4n) is 3.02. The first-order chi connectivity index (χ1) is 14.0. The maximum atomic E-state index is 12.5. The van der Waals surface area contributed by atoms with Gasteiger partial charge in [0.2, 0.25) is 0 Å². The van der Waals surface area contributed by atoms with Crippen LogP contribution in [0.4, 0.5) is 0 Å². The number of nitrogens with one attached hydrogen (secondary N) is 1. The van der Waals surface area contributed by atoms with Crippen molar-refractivity contribution >= 4 is 28.4 Å². The van der Waals surface area contributed by atoms with E-state index < -0.39 is 0 Å². The summed E-state index contributed by atoms with van der Waals surface area (Å²) in [4.78, 5) is 21.8. The van der Waals surface area contributed by atoms with Crippen molar-refractivity contribution in [1.82, 2.24) is 20.0 Å². The normalized spacial score (nSPS) is 11.0. The Hall–Kier alpha value is -3.32. The number of halogens is 1. The summed E-state index contributed by atoms with van der Waals surface area (Å²) < 4.78 is 10.6. The van der Waals surface area contributed by atoms with Gasteiger partial charge in [0, 0.05) is 47.6 Å². The summed E-state index contributed by atoms with van der Waals surface area (Å²) in [5, 5.41) is 5.58. The Labute approximate surface area is 172 Å². The number of ether oxygens (including phenoxy) is 1. The van der Waals surface area contributed by atoms with Gasteiger partial charge in [-0.2, -0.15) is 4.98 Å². The molecule has 1 N–H and O–H groups in total. The van der Waals surface area contributed by atoms with Crippen molar-refractivity contribution in [3.63, 3.8) is 0 Å². The van der Waals surface area contributed by atoms with Crippen LogP contribution in [0.25, 0.3) is 22.5 Å². The van der Waals surface area contributed by atoms with E-state index in [0.717, 1.165) is 22.3 Å². The number of benzene rings is 2. The summed E-state index contributed by atoms with van der Waals surface area (Å²) >= 11 is 5.96. The first kappa shape index (κ1) is 19.0. The Morgan fingerprint density at radius 3 is 2.90 bits per heavy atom. The molecular formula is C21H19ClN4O3. The molecule has 8 heteroatoms. The zero-order valence-electron chi connectivity index (χ0n) is 16.0. The number of amides is 1. The molecule has 2 heterocycles. The summed E-state index contributed by atoms with van der Waals surface area (Å²) in [5.74, 6) is 1.59. The number of carbonyl (C=O) groups excluding carboxylic acids is 1. The number of nitrogens with zero attached hydrogens (tertiary/aromatic N) is 3. The van der Waals surface area contributed by atoms with E-state index in [9.17, 15) is 4.79 Å². The highest BCUT2D eigenvalue weighted by atomic mass is 35.5.